The minimum atomic E-state index is 0.241. The number of carbonyl (C=O) groups is 1. The smallest absolute Gasteiger partial charge is 0.162 e. The Labute approximate surface area is 98.2 Å². The molecule has 2 aliphatic carbocycles. The number of halogens is 1. The van der Waals surface area contributed by atoms with Crippen LogP contribution in [-0.2, 0) is 9.53 Å². The summed E-state index contributed by atoms with van der Waals surface area (Å²) >= 11 is 3.69. The molecule has 0 N–H and O–H groups in total. The van der Waals surface area contributed by atoms with Gasteiger partial charge < -0.3 is 4.74 Å². The van der Waals surface area contributed by atoms with Gasteiger partial charge in [-0.1, -0.05) is 22.4 Å². The Balaban J connectivity index is 1.93. The van der Waals surface area contributed by atoms with Gasteiger partial charge in [0, 0.05) is 24.3 Å². The van der Waals surface area contributed by atoms with Crippen LogP contribution in [0.1, 0.15) is 38.5 Å². The van der Waals surface area contributed by atoms with Gasteiger partial charge in [-0.05, 0) is 19.3 Å². The largest absolute Gasteiger partial charge is 0.493 e. The van der Waals surface area contributed by atoms with Crippen molar-refractivity contribution < 1.29 is 9.53 Å². The van der Waals surface area contributed by atoms with Crippen molar-refractivity contribution in [2.75, 3.05) is 0 Å². The van der Waals surface area contributed by atoms with Crippen molar-refractivity contribution in [3.8, 4) is 0 Å². The molecule has 2 nitrogen and oxygen atoms in total. The summed E-state index contributed by atoms with van der Waals surface area (Å²) in [6.07, 6.45) is 6.46. The minimum Gasteiger partial charge on any atom is -0.493 e. The van der Waals surface area contributed by atoms with Gasteiger partial charge in [0.2, 0.25) is 0 Å². The quantitative estimate of drug-likeness (QED) is 0.633. The summed E-state index contributed by atoms with van der Waals surface area (Å²) < 4.78 is 5.96. The van der Waals surface area contributed by atoms with E-state index in [0.29, 0.717) is 16.5 Å². The third-order valence-electron chi connectivity index (χ3n) is 3.81. The van der Waals surface area contributed by atoms with Gasteiger partial charge in [-0.25, -0.2) is 0 Å². The number of hydrogen-bond donors (Lipinski definition) is 0. The van der Waals surface area contributed by atoms with E-state index >= 15 is 0 Å². The molecule has 0 aromatic carbocycles. The zero-order chi connectivity index (χ0) is 10.4. The molecule has 3 unspecified atom stereocenters. The first-order chi connectivity index (χ1) is 7.27. The highest BCUT2D eigenvalue weighted by atomic mass is 79.9. The molecule has 0 aromatic rings. The summed E-state index contributed by atoms with van der Waals surface area (Å²) in [6.45, 7) is 0. The standard InChI is InChI=1S/C12H15BrO2/c13-8-4-1-3-7-11-9(14)5-2-6-10(11)15-12(7)8/h7-8,12H,1-6H2. The normalized spacial score (nSPS) is 39.8. The maximum absolute atomic E-state index is 11.9. The predicted octanol–water partition coefficient (Wildman–Crippen LogP) is 2.96. The van der Waals surface area contributed by atoms with Crippen LogP contribution >= 0.6 is 15.9 Å². The molecule has 0 spiro atoms. The van der Waals surface area contributed by atoms with Gasteiger partial charge in [-0.3, -0.25) is 4.79 Å². The highest BCUT2D eigenvalue weighted by Gasteiger charge is 2.45. The SMILES string of the molecule is O=C1CCCC2=C1C1CCCC(Br)C1O2. The predicted molar refractivity (Wildman–Crippen MR) is 60.8 cm³/mol. The molecule has 15 heavy (non-hydrogen) atoms. The van der Waals surface area contributed by atoms with E-state index in [1.807, 2.05) is 0 Å². The molecule has 3 heteroatoms. The van der Waals surface area contributed by atoms with Crippen molar-refractivity contribution in [1.29, 1.82) is 0 Å². The van der Waals surface area contributed by atoms with E-state index in [2.05, 4.69) is 15.9 Å². The van der Waals surface area contributed by atoms with Gasteiger partial charge in [-0.2, -0.15) is 0 Å². The Morgan fingerprint density at radius 3 is 2.93 bits per heavy atom. The molecule has 3 rings (SSSR count). The number of rotatable bonds is 0. The molecule has 0 bridgehead atoms. The highest BCUT2D eigenvalue weighted by Crippen LogP contribution is 2.46. The molecule has 0 radical (unpaired) electrons. The van der Waals surface area contributed by atoms with Crippen LogP contribution in [0.2, 0.25) is 0 Å². The van der Waals surface area contributed by atoms with Gasteiger partial charge in [0.15, 0.2) is 5.78 Å². The topological polar surface area (TPSA) is 26.3 Å². The summed E-state index contributed by atoms with van der Waals surface area (Å²) in [7, 11) is 0. The lowest BCUT2D eigenvalue weighted by molar-refractivity contribution is -0.116. The number of ketones is 1. The second-order valence-electron chi connectivity index (χ2n) is 4.75. The van der Waals surface area contributed by atoms with Crippen LogP contribution < -0.4 is 0 Å². The fourth-order valence-corrected chi connectivity index (χ4v) is 3.91. The van der Waals surface area contributed by atoms with Crippen molar-refractivity contribution in [3.05, 3.63) is 11.3 Å². The van der Waals surface area contributed by atoms with Crippen molar-refractivity contribution in [2.45, 2.75) is 49.5 Å². The molecule has 1 aliphatic heterocycles. The lowest BCUT2D eigenvalue weighted by atomic mass is 9.79. The lowest BCUT2D eigenvalue weighted by Gasteiger charge is -2.30. The number of fused-ring (bicyclic) bond motifs is 2. The van der Waals surface area contributed by atoms with E-state index in [1.165, 1.54) is 12.8 Å². The first kappa shape index (κ1) is 9.88. The second-order valence-corrected chi connectivity index (χ2v) is 5.93. The second kappa shape index (κ2) is 3.62. The van der Waals surface area contributed by atoms with E-state index in [0.717, 1.165) is 37.0 Å². The summed E-state index contributed by atoms with van der Waals surface area (Å²) in [5.74, 6) is 1.77. The molecule has 0 amide bonds. The Morgan fingerprint density at radius 2 is 2.07 bits per heavy atom. The van der Waals surface area contributed by atoms with Crippen molar-refractivity contribution in [3.63, 3.8) is 0 Å². The number of alkyl halides is 1. The molecular weight excluding hydrogens is 256 g/mol. The molecule has 82 valence electrons. The number of Topliss-reactive ketones (excluding diaryl/α,β-unsaturated/α-hetero) is 1. The van der Waals surface area contributed by atoms with Crippen LogP contribution in [-0.4, -0.2) is 16.7 Å². The first-order valence-corrected chi connectivity index (χ1v) is 6.76. The molecule has 3 aliphatic rings. The van der Waals surface area contributed by atoms with Crippen LogP contribution in [0.15, 0.2) is 11.3 Å². The van der Waals surface area contributed by atoms with Gasteiger partial charge in [0.1, 0.15) is 11.9 Å². The van der Waals surface area contributed by atoms with Gasteiger partial charge in [0.25, 0.3) is 0 Å². The molecule has 3 atom stereocenters. The monoisotopic (exact) mass is 270 g/mol. The van der Waals surface area contributed by atoms with Crippen LogP contribution in [0.4, 0.5) is 0 Å². The van der Waals surface area contributed by atoms with E-state index in [1.54, 1.807) is 0 Å². The summed E-state index contributed by atoms with van der Waals surface area (Å²) in [5, 5.41) is 0. The number of allylic oxidation sites excluding steroid dienone is 1. The van der Waals surface area contributed by atoms with Crippen molar-refractivity contribution in [2.24, 2.45) is 5.92 Å². The van der Waals surface area contributed by atoms with Crippen LogP contribution in [0.5, 0.6) is 0 Å². The summed E-state index contributed by atoms with van der Waals surface area (Å²) in [6, 6.07) is 0. The molecule has 1 fully saturated rings. The third kappa shape index (κ3) is 1.47. The maximum Gasteiger partial charge on any atom is 0.162 e. The van der Waals surface area contributed by atoms with Gasteiger partial charge in [0.05, 0.1) is 4.83 Å². The van der Waals surface area contributed by atoms with Gasteiger partial charge in [-0.15, -0.1) is 0 Å². The zero-order valence-electron chi connectivity index (χ0n) is 8.67. The minimum absolute atomic E-state index is 0.241. The summed E-state index contributed by atoms with van der Waals surface area (Å²) in [5.41, 5.74) is 1.05. The number of carbonyl (C=O) groups excluding carboxylic acids is 1. The molecular formula is C12H15BrO2. The van der Waals surface area contributed by atoms with E-state index in [-0.39, 0.29) is 6.10 Å². The zero-order valence-corrected chi connectivity index (χ0v) is 10.3. The fourth-order valence-electron chi connectivity index (χ4n) is 3.11. The number of hydrogen-bond acceptors (Lipinski definition) is 2. The average Bonchev–Trinajstić information content (AvgIpc) is 2.59. The molecule has 1 heterocycles. The van der Waals surface area contributed by atoms with E-state index < -0.39 is 0 Å². The maximum atomic E-state index is 11.9. The van der Waals surface area contributed by atoms with Crippen molar-refractivity contribution >= 4 is 21.7 Å². The summed E-state index contributed by atoms with van der Waals surface area (Å²) in [4.78, 5) is 12.3. The molecule has 1 saturated carbocycles. The van der Waals surface area contributed by atoms with Crippen LogP contribution in [0.3, 0.4) is 0 Å². The molecule has 0 aromatic heterocycles. The van der Waals surface area contributed by atoms with Crippen LogP contribution in [0.25, 0.3) is 0 Å². The van der Waals surface area contributed by atoms with Crippen molar-refractivity contribution in [1.82, 2.24) is 0 Å². The fraction of sp³-hybridized carbons (Fsp3) is 0.750. The Morgan fingerprint density at radius 1 is 1.20 bits per heavy atom. The third-order valence-corrected chi connectivity index (χ3v) is 4.78. The van der Waals surface area contributed by atoms with Crippen LogP contribution in [0, 0.1) is 5.92 Å². The van der Waals surface area contributed by atoms with E-state index in [9.17, 15) is 4.79 Å². The lowest BCUT2D eigenvalue weighted by Crippen LogP contribution is -2.33. The Kier molecular flexibility index (Phi) is 2.38. The van der Waals surface area contributed by atoms with E-state index in [4.69, 9.17) is 4.74 Å². The first-order valence-electron chi connectivity index (χ1n) is 5.84. The number of ether oxygens (including phenoxy) is 1. The highest BCUT2D eigenvalue weighted by molar-refractivity contribution is 9.09. The Bertz CT molecular complexity index is 335. The molecule has 0 saturated heterocycles. The van der Waals surface area contributed by atoms with Gasteiger partial charge >= 0.3 is 0 Å². The average molecular weight is 271 g/mol. The Hall–Kier alpha value is -0.310.